The van der Waals surface area contributed by atoms with Crippen LogP contribution in [0.1, 0.15) is 44.5 Å². The van der Waals surface area contributed by atoms with Crippen molar-refractivity contribution in [2.24, 2.45) is 0 Å². The molecule has 0 heterocycles. The van der Waals surface area contributed by atoms with Crippen LogP contribution in [-0.2, 0) is 23.7 Å². The zero-order valence-corrected chi connectivity index (χ0v) is 38.0. The van der Waals surface area contributed by atoms with Crippen molar-refractivity contribution in [2.45, 2.75) is 23.7 Å². The van der Waals surface area contributed by atoms with Crippen LogP contribution in [0.3, 0.4) is 0 Å². The molecule has 322 valence electrons. The summed E-state index contributed by atoms with van der Waals surface area (Å²) in [5, 5.41) is 2.51. The van der Waals surface area contributed by atoms with Crippen LogP contribution in [0.4, 0.5) is 17.1 Å². The third-order valence-electron chi connectivity index (χ3n) is 16.3. The lowest BCUT2D eigenvalue weighted by molar-refractivity contribution is 0.564. The maximum atomic E-state index is 2.55. The van der Waals surface area contributed by atoms with Crippen LogP contribution in [0.2, 0.25) is 0 Å². The number of hydrogen-bond donors (Lipinski definition) is 0. The molecule has 69 heavy (non-hydrogen) atoms. The molecule has 0 amide bonds. The first-order chi connectivity index (χ1) is 34.2. The minimum atomic E-state index is -0.448. The Kier molecular flexibility index (Phi) is 8.10. The van der Waals surface area contributed by atoms with Crippen molar-refractivity contribution in [3.05, 3.63) is 293 Å². The Bertz CT molecular complexity index is 3820. The molecular formula is C68H45N. The van der Waals surface area contributed by atoms with Crippen LogP contribution in [-0.4, -0.2) is 0 Å². The van der Waals surface area contributed by atoms with E-state index in [2.05, 4.69) is 254 Å². The number of hydrogen-bond acceptors (Lipinski definition) is 1. The van der Waals surface area contributed by atoms with Crippen molar-refractivity contribution in [1.82, 2.24) is 0 Å². The van der Waals surface area contributed by atoms with Gasteiger partial charge in [0.05, 0.1) is 5.41 Å². The number of benzene rings is 11. The molecule has 0 fully saturated rings. The largest absolute Gasteiger partial charge is 0.310 e. The number of rotatable bonds is 5. The Morgan fingerprint density at radius 3 is 1.32 bits per heavy atom. The van der Waals surface area contributed by atoms with Crippen LogP contribution in [0.15, 0.2) is 249 Å². The summed E-state index contributed by atoms with van der Waals surface area (Å²) in [4.78, 5) is 2.53. The molecule has 0 bridgehead atoms. The van der Waals surface area contributed by atoms with E-state index in [1.807, 2.05) is 0 Å². The van der Waals surface area contributed by atoms with Crippen LogP contribution >= 0.6 is 0 Å². The monoisotopic (exact) mass is 875 g/mol. The van der Waals surface area contributed by atoms with Gasteiger partial charge in [0.2, 0.25) is 0 Å². The van der Waals surface area contributed by atoms with Crippen LogP contribution in [0.25, 0.3) is 66.4 Å². The normalized spacial score (nSPS) is 14.5. The van der Waals surface area contributed by atoms with Crippen molar-refractivity contribution in [2.75, 3.05) is 4.90 Å². The topological polar surface area (TPSA) is 3.24 Å². The van der Waals surface area contributed by atoms with Gasteiger partial charge in [-0.25, -0.2) is 0 Å². The van der Waals surface area contributed by atoms with Crippen LogP contribution in [0, 0.1) is 0 Å². The van der Waals surface area contributed by atoms with Crippen molar-refractivity contribution >= 4 is 27.8 Å². The minimum Gasteiger partial charge on any atom is -0.310 e. The summed E-state index contributed by atoms with van der Waals surface area (Å²) in [6.45, 7) is 0. The molecule has 15 rings (SSSR count). The summed E-state index contributed by atoms with van der Waals surface area (Å²) >= 11 is 0. The van der Waals surface area contributed by atoms with Crippen LogP contribution < -0.4 is 4.90 Å². The van der Waals surface area contributed by atoms with Gasteiger partial charge in [0.25, 0.3) is 0 Å². The van der Waals surface area contributed by atoms with E-state index in [1.165, 1.54) is 111 Å². The van der Waals surface area contributed by atoms with E-state index in [0.29, 0.717) is 0 Å². The van der Waals surface area contributed by atoms with Crippen molar-refractivity contribution in [3.8, 4) is 55.6 Å². The molecule has 1 nitrogen and oxygen atoms in total. The first kappa shape index (κ1) is 38.6. The van der Waals surface area contributed by atoms with Gasteiger partial charge in [0.15, 0.2) is 0 Å². The Morgan fingerprint density at radius 2 is 0.681 bits per heavy atom. The number of nitrogens with zero attached hydrogens (tertiary/aromatic N) is 1. The minimum absolute atomic E-state index is 0.193. The van der Waals surface area contributed by atoms with Crippen molar-refractivity contribution in [3.63, 3.8) is 0 Å². The molecule has 0 aromatic heterocycles. The average Bonchev–Trinajstić information content (AvgIpc) is 4.13. The molecule has 0 radical (unpaired) electrons. The third kappa shape index (κ3) is 5.42. The zero-order valence-electron chi connectivity index (χ0n) is 38.0. The van der Waals surface area contributed by atoms with E-state index < -0.39 is 5.41 Å². The lowest BCUT2D eigenvalue weighted by Gasteiger charge is -2.33. The lowest BCUT2D eigenvalue weighted by Crippen LogP contribution is -2.26. The SMILES string of the molecule is c1ccc(-c2ccc3c(c2)C2(Cc4ccccc4C2)c2cc(N(c4ccc(-c5ccc6ccccc6c5)cc4)c4ccc5c(c4)C4(c6ccccc6-c6ccccc64)c4ccccc4-5)ccc2-3)cc1. The number of fused-ring (bicyclic) bond motifs is 17. The van der Waals surface area contributed by atoms with Gasteiger partial charge in [-0.05, 0) is 172 Å². The Hall–Kier alpha value is -8.52. The molecule has 2 spiro atoms. The number of anilines is 3. The molecule has 0 aliphatic heterocycles. The van der Waals surface area contributed by atoms with Crippen molar-refractivity contribution < 1.29 is 0 Å². The fourth-order valence-corrected chi connectivity index (χ4v) is 13.3. The summed E-state index contributed by atoms with van der Waals surface area (Å²) in [5.41, 5.74) is 26.8. The van der Waals surface area contributed by atoms with Gasteiger partial charge in [0, 0.05) is 22.5 Å². The second-order valence-corrected chi connectivity index (χ2v) is 19.6. The van der Waals surface area contributed by atoms with E-state index in [-0.39, 0.29) is 5.41 Å². The Labute approximate surface area is 403 Å². The molecule has 0 unspecified atom stereocenters. The molecule has 11 aromatic carbocycles. The molecule has 0 atom stereocenters. The van der Waals surface area contributed by atoms with Gasteiger partial charge in [0.1, 0.15) is 0 Å². The standard InChI is InChI=1S/C68H45N/c1-2-14-44(15-3-1)49-30-35-58-59-36-33-53(40-65(59)67(64(58)39-49)42-50-18-6-7-19-51(50)43-67)69(52-31-28-46(29-32-52)48-27-26-45-16-4-5-17-47(45)38-48)54-34-37-60-57-22-10-13-25-63(57)68(66(60)41-54)61-23-11-8-20-55(61)56-21-9-12-24-62(56)68/h1-41H,42-43H2. The maximum Gasteiger partial charge on any atom is 0.0726 e. The molecule has 0 N–H and O–H groups in total. The highest BCUT2D eigenvalue weighted by Crippen LogP contribution is 2.64. The van der Waals surface area contributed by atoms with Gasteiger partial charge >= 0.3 is 0 Å². The molecule has 0 saturated heterocycles. The lowest BCUT2D eigenvalue weighted by atomic mass is 9.70. The summed E-state index contributed by atoms with van der Waals surface area (Å²) in [5.74, 6) is 0. The van der Waals surface area contributed by atoms with Gasteiger partial charge in [-0.15, -0.1) is 0 Å². The quantitative estimate of drug-likeness (QED) is 0.167. The highest BCUT2D eigenvalue weighted by Gasteiger charge is 2.52. The summed E-state index contributed by atoms with van der Waals surface area (Å²) in [6.07, 6.45) is 1.95. The first-order valence-corrected chi connectivity index (χ1v) is 24.4. The smallest absolute Gasteiger partial charge is 0.0726 e. The highest BCUT2D eigenvalue weighted by molar-refractivity contribution is 5.97. The van der Waals surface area contributed by atoms with E-state index in [0.717, 1.165) is 29.9 Å². The van der Waals surface area contributed by atoms with E-state index in [9.17, 15) is 0 Å². The Morgan fingerprint density at radius 1 is 0.261 bits per heavy atom. The molecule has 4 aliphatic carbocycles. The van der Waals surface area contributed by atoms with E-state index >= 15 is 0 Å². The molecule has 0 saturated carbocycles. The predicted molar refractivity (Wildman–Crippen MR) is 286 cm³/mol. The first-order valence-electron chi connectivity index (χ1n) is 24.4. The van der Waals surface area contributed by atoms with Gasteiger partial charge in [-0.1, -0.05) is 200 Å². The molecule has 11 aromatic rings. The van der Waals surface area contributed by atoms with Gasteiger partial charge < -0.3 is 4.90 Å². The Balaban J connectivity index is 0.945. The summed E-state index contributed by atoms with van der Waals surface area (Å²) < 4.78 is 0. The second-order valence-electron chi connectivity index (χ2n) is 19.6. The third-order valence-corrected chi connectivity index (χ3v) is 16.3. The summed E-state index contributed by atoms with van der Waals surface area (Å²) in [6, 6.07) is 94.0. The fraction of sp³-hybridized carbons (Fsp3) is 0.0588. The fourth-order valence-electron chi connectivity index (χ4n) is 13.3. The molecule has 4 aliphatic rings. The van der Waals surface area contributed by atoms with Gasteiger partial charge in [-0.3, -0.25) is 0 Å². The zero-order chi connectivity index (χ0) is 45.3. The second kappa shape index (κ2) is 14.5. The van der Waals surface area contributed by atoms with E-state index in [4.69, 9.17) is 0 Å². The van der Waals surface area contributed by atoms with Crippen LogP contribution in [0.5, 0.6) is 0 Å². The molecule has 1 heteroatoms. The predicted octanol–water partition coefficient (Wildman–Crippen LogP) is 17.1. The summed E-state index contributed by atoms with van der Waals surface area (Å²) in [7, 11) is 0. The maximum absolute atomic E-state index is 2.55. The highest BCUT2D eigenvalue weighted by atomic mass is 15.1. The average molecular weight is 876 g/mol. The van der Waals surface area contributed by atoms with Crippen molar-refractivity contribution in [1.29, 1.82) is 0 Å². The van der Waals surface area contributed by atoms with E-state index in [1.54, 1.807) is 0 Å². The molecular weight excluding hydrogens is 831 g/mol. The van der Waals surface area contributed by atoms with Gasteiger partial charge in [-0.2, -0.15) is 0 Å².